The molecule has 3 nitrogen and oxygen atoms in total. The van der Waals surface area contributed by atoms with E-state index in [0.29, 0.717) is 0 Å². The first-order valence-corrected chi connectivity index (χ1v) is 4.61. The summed E-state index contributed by atoms with van der Waals surface area (Å²) in [4.78, 5) is 21.7. The van der Waals surface area contributed by atoms with E-state index in [-0.39, 0.29) is 12.4 Å². The van der Waals surface area contributed by atoms with Crippen LogP contribution in [0.5, 0.6) is 0 Å². The van der Waals surface area contributed by atoms with Gasteiger partial charge in [0.1, 0.15) is 18.3 Å². The molecule has 1 atom stereocenters. The Morgan fingerprint density at radius 1 is 1.38 bits per heavy atom. The minimum atomic E-state index is -1.63. The molecule has 0 rings (SSSR count). The molecule has 0 saturated carbocycles. The number of carbonyl (C=O) groups excluding carboxylic acids is 2. The summed E-state index contributed by atoms with van der Waals surface area (Å²) in [5.41, 5.74) is 0. The second-order valence-electron chi connectivity index (χ2n) is 2.56. The van der Waals surface area contributed by atoms with Crippen molar-refractivity contribution in [2.24, 2.45) is 5.92 Å². The van der Waals surface area contributed by atoms with Crippen LogP contribution in [0.1, 0.15) is 13.8 Å². The number of esters is 1. The quantitative estimate of drug-likeness (QED) is 0.436. The number of rotatable bonds is 3. The lowest BCUT2D eigenvalue weighted by Crippen LogP contribution is -2.25. The van der Waals surface area contributed by atoms with Crippen molar-refractivity contribution in [3.63, 3.8) is 0 Å². The Morgan fingerprint density at radius 2 is 1.85 bits per heavy atom. The lowest BCUT2D eigenvalue weighted by molar-refractivity contribution is -0.150. The fourth-order valence-electron chi connectivity index (χ4n) is 0.444. The Balaban J connectivity index is 3.96. The van der Waals surface area contributed by atoms with Crippen LogP contribution in [0, 0.1) is 5.92 Å². The van der Waals surface area contributed by atoms with Crippen molar-refractivity contribution in [3.8, 4) is 0 Å². The van der Waals surface area contributed by atoms with Crippen LogP contribution in [0.15, 0.2) is 0 Å². The van der Waals surface area contributed by atoms with Gasteiger partial charge in [-0.25, -0.2) is 0 Å². The number of alkyl halides is 3. The monoisotopic (exact) mass is 246 g/mol. The van der Waals surface area contributed by atoms with Gasteiger partial charge in [-0.05, 0) is 13.8 Å². The van der Waals surface area contributed by atoms with Crippen molar-refractivity contribution in [1.29, 1.82) is 0 Å². The molecule has 0 N–H and O–H groups in total. The summed E-state index contributed by atoms with van der Waals surface area (Å²) < 4.78 is 2.94. The number of ketones is 1. The Labute approximate surface area is 91.3 Å². The van der Waals surface area contributed by atoms with E-state index in [4.69, 9.17) is 34.8 Å². The van der Waals surface area contributed by atoms with Crippen molar-refractivity contribution in [1.82, 2.24) is 0 Å². The van der Waals surface area contributed by atoms with Gasteiger partial charge in [0.25, 0.3) is 0 Å². The smallest absolute Gasteiger partial charge is 0.316 e. The summed E-state index contributed by atoms with van der Waals surface area (Å²) in [7, 11) is 0. The average Bonchev–Trinajstić information content (AvgIpc) is 1.97. The fourth-order valence-corrected chi connectivity index (χ4v) is 0.608. The zero-order valence-electron chi connectivity index (χ0n) is 7.14. The second kappa shape index (κ2) is 5.03. The van der Waals surface area contributed by atoms with Crippen LogP contribution in [-0.4, -0.2) is 22.2 Å². The summed E-state index contributed by atoms with van der Waals surface area (Å²) >= 11 is 16.0. The number of halogens is 3. The first-order chi connectivity index (χ1) is 5.74. The number of hydrogen-bond acceptors (Lipinski definition) is 3. The molecule has 76 valence electrons. The maximum absolute atomic E-state index is 11.0. The fraction of sp³-hybridized carbons (Fsp3) is 0.714. The van der Waals surface area contributed by atoms with Gasteiger partial charge in [-0.2, -0.15) is 0 Å². The topological polar surface area (TPSA) is 43.4 Å². The Hall–Kier alpha value is 0.01000. The molecule has 13 heavy (non-hydrogen) atoms. The largest absolute Gasteiger partial charge is 0.461 e. The summed E-state index contributed by atoms with van der Waals surface area (Å²) in [5.74, 6) is -1.78. The molecule has 1 unspecified atom stereocenters. The van der Waals surface area contributed by atoms with Crippen LogP contribution >= 0.6 is 34.8 Å². The SMILES string of the molecule is CC(=O)C(C)C(=O)OCC(Cl)(Cl)Cl. The molecule has 0 spiro atoms. The minimum absolute atomic E-state index is 0.283. The van der Waals surface area contributed by atoms with Gasteiger partial charge < -0.3 is 4.74 Å². The van der Waals surface area contributed by atoms with E-state index in [0.717, 1.165) is 0 Å². The lowest BCUT2D eigenvalue weighted by atomic mass is 10.1. The van der Waals surface area contributed by atoms with Gasteiger partial charge in [-0.3, -0.25) is 9.59 Å². The van der Waals surface area contributed by atoms with Crippen molar-refractivity contribution in [3.05, 3.63) is 0 Å². The number of Topliss-reactive ketones (excluding diaryl/α,β-unsaturated/α-hetero) is 1. The van der Waals surface area contributed by atoms with E-state index < -0.39 is 15.7 Å². The van der Waals surface area contributed by atoms with Crippen molar-refractivity contribution >= 4 is 46.6 Å². The Kier molecular flexibility index (Phi) is 5.04. The van der Waals surface area contributed by atoms with Crippen molar-refractivity contribution in [2.45, 2.75) is 17.6 Å². The van der Waals surface area contributed by atoms with Crippen LogP contribution in [-0.2, 0) is 14.3 Å². The molecule has 0 radical (unpaired) electrons. The molecule has 0 aliphatic rings. The van der Waals surface area contributed by atoms with Gasteiger partial charge in [-0.1, -0.05) is 34.8 Å². The zero-order valence-corrected chi connectivity index (χ0v) is 9.41. The lowest BCUT2D eigenvalue weighted by Gasteiger charge is -2.13. The molecule has 0 aliphatic heterocycles. The normalized spacial score (nSPS) is 13.6. The van der Waals surface area contributed by atoms with E-state index in [9.17, 15) is 9.59 Å². The molecular weight excluding hydrogens is 238 g/mol. The molecule has 0 aromatic rings. The molecule has 0 heterocycles. The third-order valence-corrected chi connectivity index (χ3v) is 1.67. The minimum Gasteiger partial charge on any atom is -0.461 e. The number of carbonyl (C=O) groups is 2. The average molecular weight is 248 g/mol. The van der Waals surface area contributed by atoms with Gasteiger partial charge in [0.15, 0.2) is 0 Å². The predicted octanol–water partition coefficient (Wildman–Crippen LogP) is 2.12. The summed E-state index contributed by atoms with van der Waals surface area (Å²) in [5, 5.41) is 0. The molecule has 0 aromatic carbocycles. The first kappa shape index (κ1) is 13.0. The summed E-state index contributed by atoms with van der Waals surface area (Å²) in [6.07, 6.45) is 0. The van der Waals surface area contributed by atoms with Gasteiger partial charge in [0.05, 0.1) is 0 Å². The van der Waals surface area contributed by atoms with Crippen LogP contribution in [0.4, 0.5) is 0 Å². The third-order valence-electron chi connectivity index (χ3n) is 1.34. The Morgan fingerprint density at radius 3 is 2.15 bits per heavy atom. The van der Waals surface area contributed by atoms with Gasteiger partial charge in [-0.15, -0.1) is 0 Å². The van der Waals surface area contributed by atoms with Gasteiger partial charge in [0.2, 0.25) is 3.79 Å². The highest BCUT2D eigenvalue weighted by molar-refractivity contribution is 6.67. The Bertz CT molecular complexity index is 210. The van der Waals surface area contributed by atoms with E-state index in [1.807, 2.05) is 0 Å². The molecular formula is C7H9Cl3O3. The highest BCUT2D eigenvalue weighted by atomic mass is 35.6. The summed E-state index contributed by atoms with van der Waals surface area (Å²) in [6, 6.07) is 0. The molecule has 0 fully saturated rings. The molecule has 0 amide bonds. The number of hydrogen-bond donors (Lipinski definition) is 0. The molecule has 0 bridgehead atoms. The number of ether oxygens (including phenoxy) is 1. The summed E-state index contributed by atoms with van der Waals surface area (Å²) in [6.45, 7) is 2.37. The van der Waals surface area contributed by atoms with E-state index in [1.54, 1.807) is 0 Å². The van der Waals surface area contributed by atoms with Crippen molar-refractivity contribution in [2.75, 3.05) is 6.61 Å². The van der Waals surface area contributed by atoms with Crippen LogP contribution < -0.4 is 0 Å². The molecule has 0 saturated heterocycles. The molecule has 0 aromatic heterocycles. The standard InChI is InChI=1S/C7H9Cl3O3/c1-4(5(2)11)6(12)13-3-7(8,9)10/h4H,3H2,1-2H3. The van der Waals surface area contributed by atoms with Gasteiger partial charge in [0, 0.05) is 0 Å². The molecule has 6 heteroatoms. The highest BCUT2D eigenvalue weighted by Crippen LogP contribution is 2.26. The van der Waals surface area contributed by atoms with Crippen LogP contribution in [0.3, 0.4) is 0 Å². The second-order valence-corrected chi connectivity index (χ2v) is 5.07. The highest BCUT2D eigenvalue weighted by Gasteiger charge is 2.25. The molecule has 0 aliphatic carbocycles. The zero-order chi connectivity index (χ0) is 10.6. The maximum Gasteiger partial charge on any atom is 0.316 e. The third kappa shape index (κ3) is 6.13. The van der Waals surface area contributed by atoms with Crippen LogP contribution in [0.2, 0.25) is 0 Å². The van der Waals surface area contributed by atoms with Crippen molar-refractivity contribution < 1.29 is 14.3 Å². The van der Waals surface area contributed by atoms with Crippen LogP contribution in [0.25, 0.3) is 0 Å². The van der Waals surface area contributed by atoms with E-state index in [2.05, 4.69) is 4.74 Å². The first-order valence-electron chi connectivity index (χ1n) is 3.48. The predicted molar refractivity (Wildman–Crippen MR) is 51.1 cm³/mol. The van der Waals surface area contributed by atoms with E-state index >= 15 is 0 Å². The van der Waals surface area contributed by atoms with Gasteiger partial charge >= 0.3 is 5.97 Å². The van der Waals surface area contributed by atoms with E-state index in [1.165, 1.54) is 13.8 Å². The maximum atomic E-state index is 11.0.